The molecule has 0 spiro atoms. The molecule has 0 saturated heterocycles. The van der Waals surface area contributed by atoms with Gasteiger partial charge >= 0.3 is 0 Å². The van der Waals surface area contributed by atoms with Crippen molar-refractivity contribution < 1.29 is 14.3 Å². The van der Waals surface area contributed by atoms with Crippen LogP contribution in [0.15, 0.2) is 36.4 Å². The van der Waals surface area contributed by atoms with Crippen molar-refractivity contribution in [3.63, 3.8) is 0 Å². The minimum Gasteiger partial charge on any atom is -0.494 e. The lowest BCUT2D eigenvalue weighted by Gasteiger charge is -2.13. The van der Waals surface area contributed by atoms with Crippen molar-refractivity contribution in [1.82, 2.24) is 0 Å². The van der Waals surface area contributed by atoms with E-state index in [9.17, 15) is 4.79 Å². The van der Waals surface area contributed by atoms with E-state index in [2.05, 4.69) is 5.32 Å². The molecule has 0 aromatic heterocycles. The van der Waals surface area contributed by atoms with Crippen molar-refractivity contribution in [2.45, 2.75) is 34.3 Å². The lowest BCUT2D eigenvalue weighted by molar-refractivity contribution is 0.102. The summed E-state index contributed by atoms with van der Waals surface area (Å²) >= 11 is 0. The quantitative estimate of drug-likeness (QED) is 0.815. The number of anilines is 1. The molecule has 2 rings (SSSR count). The van der Waals surface area contributed by atoms with Crippen LogP contribution in [0.5, 0.6) is 5.75 Å². The summed E-state index contributed by atoms with van der Waals surface area (Å²) in [7, 11) is 0. The molecule has 4 nitrogen and oxygen atoms in total. The van der Waals surface area contributed by atoms with Crippen molar-refractivity contribution in [2.75, 3.05) is 18.5 Å². The van der Waals surface area contributed by atoms with Crippen LogP contribution in [0.25, 0.3) is 0 Å². The van der Waals surface area contributed by atoms with Crippen molar-refractivity contribution in [3.8, 4) is 5.75 Å². The third-order valence-corrected chi connectivity index (χ3v) is 3.85. The third-order valence-electron chi connectivity index (χ3n) is 3.85. The van der Waals surface area contributed by atoms with E-state index in [0.717, 1.165) is 22.6 Å². The summed E-state index contributed by atoms with van der Waals surface area (Å²) in [5.74, 6) is 0.618. The van der Waals surface area contributed by atoms with E-state index in [1.165, 1.54) is 5.56 Å². The average Bonchev–Trinajstić information content (AvgIpc) is 2.57. The summed E-state index contributed by atoms with van der Waals surface area (Å²) in [4.78, 5) is 12.5. The lowest BCUT2D eigenvalue weighted by atomic mass is 10.1. The highest BCUT2D eigenvalue weighted by molar-refractivity contribution is 6.04. The minimum absolute atomic E-state index is 0.140. The van der Waals surface area contributed by atoms with Crippen LogP contribution in [-0.2, 0) is 11.3 Å². The molecule has 0 unspecified atom stereocenters. The number of amides is 1. The number of carbonyl (C=O) groups is 1. The number of nitrogens with one attached hydrogen (secondary N) is 1. The van der Waals surface area contributed by atoms with E-state index in [4.69, 9.17) is 9.47 Å². The van der Waals surface area contributed by atoms with Gasteiger partial charge in [-0.05, 0) is 69.2 Å². The van der Waals surface area contributed by atoms with Crippen molar-refractivity contribution >= 4 is 11.6 Å². The van der Waals surface area contributed by atoms with Gasteiger partial charge in [-0.2, -0.15) is 0 Å². The Hall–Kier alpha value is -2.33. The van der Waals surface area contributed by atoms with Gasteiger partial charge in [-0.25, -0.2) is 0 Å². The van der Waals surface area contributed by atoms with Crippen molar-refractivity contribution in [2.24, 2.45) is 0 Å². The summed E-state index contributed by atoms with van der Waals surface area (Å²) in [6, 6.07) is 11.3. The molecule has 0 aliphatic carbocycles. The highest BCUT2D eigenvalue weighted by atomic mass is 16.5. The number of aryl methyl sites for hydroxylation is 2. The summed E-state index contributed by atoms with van der Waals surface area (Å²) in [6.45, 7) is 9.57. The molecule has 4 heteroatoms. The highest BCUT2D eigenvalue weighted by Crippen LogP contribution is 2.22. The third kappa shape index (κ3) is 4.59. The number of hydrogen-bond donors (Lipinski definition) is 1. The molecule has 2 aromatic carbocycles. The molecule has 1 N–H and O–H groups in total. The smallest absolute Gasteiger partial charge is 0.255 e. The molecule has 0 aliphatic heterocycles. The van der Waals surface area contributed by atoms with Crippen LogP contribution in [0.2, 0.25) is 0 Å². The number of ether oxygens (including phenoxy) is 2. The van der Waals surface area contributed by atoms with Crippen molar-refractivity contribution in [3.05, 3.63) is 58.7 Å². The standard InChI is InChI=1S/C20H25NO3/c1-5-23-13-17-12-16(8-10-19(17)24-6-2)20(22)21-18-9-7-14(3)15(4)11-18/h7-12H,5-6,13H2,1-4H3,(H,21,22). The predicted molar refractivity (Wildman–Crippen MR) is 96.8 cm³/mol. The van der Waals surface area contributed by atoms with Gasteiger partial charge in [0.15, 0.2) is 0 Å². The lowest BCUT2D eigenvalue weighted by Crippen LogP contribution is -2.13. The van der Waals surface area contributed by atoms with Crippen LogP contribution in [-0.4, -0.2) is 19.1 Å². The maximum absolute atomic E-state index is 12.5. The van der Waals surface area contributed by atoms with Gasteiger partial charge in [0.05, 0.1) is 13.2 Å². The SMILES string of the molecule is CCOCc1cc(C(=O)Nc2ccc(C)c(C)c2)ccc1OCC. The van der Waals surface area contributed by atoms with Crippen LogP contribution >= 0.6 is 0 Å². The molecule has 128 valence electrons. The largest absolute Gasteiger partial charge is 0.494 e. The Balaban J connectivity index is 2.20. The Morgan fingerprint density at radius 3 is 2.46 bits per heavy atom. The Labute approximate surface area is 143 Å². The monoisotopic (exact) mass is 327 g/mol. The summed E-state index contributed by atoms with van der Waals surface area (Å²) < 4.78 is 11.1. The van der Waals surface area contributed by atoms with E-state index in [-0.39, 0.29) is 5.91 Å². The Kier molecular flexibility index (Phi) is 6.38. The summed E-state index contributed by atoms with van der Waals surface area (Å²) in [5.41, 5.74) is 4.62. The first kappa shape index (κ1) is 18.0. The second-order valence-electron chi connectivity index (χ2n) is 5.65. The summed E-state index contributed by atoms with van der Waals surface area (Å²) in [5, 5.41) is 2.94. The van der Waals surface area contributed by atoms with E-state index in [1.807, 2.05) is 58.0 Å². The zero-order valence-electron chi connectivity index (χ0n) is 14.8. The van der Waals surface area contributed by atoms with Gasteiger partial charge < -0.3 is 14.8 Å². The van der Waals surface area contributed by atoms with Crippen LogP contribution < -0.4 is 10.1 Å². The molecule has 0 heterocycles. The zero-order valence-corrected chi connectivity index (χ0v) is 14.8. The number of rotatable bonds is 7. The Morgan fingerprint density at radius 1 is 1.00 bits per heavy atom. The normalized spacial score (nSPS) is 10.5. The van der Waals surface area contributed by atoms with Gasteiger partial charge in [0.2, 0.25) is 0 Å². The second-order valence-corrected chi connectivity index (χ2v) is 5.65. The Bertz CT molecular complexity index is 710. The molecule has 0 aliphatic rings. The first-order valence-electron chi connectivity index (χ1n) is 8.27. The number of hydrogen-bond acceptors (Lipinski definition) is 3. The van der Waals surface area contributed by atoms with E-state index >= 15 is 0 Å². The highest BCUT2D eigenvalue weighted by Gasteiger charge is 2.11. The summed E-state index contributed by atoms with van der Waals surface area (Å²) in [6.07, 6.45) is 0. The predicted octanol–water partition coefficient (Wildman–Crippen LogP) is 4.49. The average molecular weight is 327 g/mol. The van der Waals surface area contributed by atoms with Crippen LogP contribution in [0.1, 0.15) is 40.9 Å². The molecule has 2 aromatic rings. The molecule has 0 bridgehead atoms. The number of carbonyl (C=O) groups excluding carboxylic acids is 1. The topological polar surface area (TPSA) is 47.6 Å². The molecule has 0 radical (unpaired) electrons. The Morgan fingerprint density at radius 2 is 1.79 bits per heavy atom. The minimum atomic E-state index is -0.140. The fourth-order valence-corrected chi connectivity index (χ4v) is 2.36. The fourth-order valence-electron chi connectivity index (χ4n) is 2.36. The zero-order chi connectivity index (χ0) is 17.5. The first-order chi connectivity index (χ1) is 11.5. The molecule has 0 fully saturated rings. The maximum Gasteiger partial charge on any atom is 0.255 e. The van der Waals surface area contributed by atoms with E-state index in [0.29, 0.717) is 25.4 Å². The molecular formula is C20H25NO3. The molecule has 24 heavy (non-hydrogen) atoms. The molecular weight excluding hydrogens is 302 g/mol. The fraction of sp³-hybridized carbons (Fsp3) is 0.350. The van der Waals surface area contributed by atoms with E-state index in [1.54, 1.807) is 6.07 Å². The maximum atomic E-state index is 12.5. The molecule has 1 amide bonds. The van der Waals surface area contributed by atoms with Gasteiger partial charge in [-0.1, -0.05) is 6.07 Å². The van der Waals surface area contributed by atoms with Crippen LogP contribution in [0, 0.1) is 13.8 Å². The van der Waals surface area contributed by atoms with Gasteiger partial charge in [-0.15, -0.1) is 0 Å². The molecule has 0 atom stereocenters. The van der Waals surface area contributed by atoms with Crippen LogP contribution in [0.3, 0.4) is 0 Å². The van der Waals surface area contributed by atoms with Gasteiger partial charge in [-0.3, -0.25) is 4.79 Å². The van der Waals surface area contributed by atoms with Gasteiger partial charge in [0, 0.05) is 23.4 Å². The van der Waals surface area contributed by atoms with Crippen LogP contribution in [0.4, 0.5) is 5.69 Å². The second kappa shape index (κ2) is 8.50. The van der Waals surface area contributed by atoms with E-state index < -0.39 is 0 Å². The van der Waals surface area contributed by atoms with Gasteiger partial charge in [0.1, 0.15) is 5.75 Å². The first-order valence-corrected chi connectivity index (χ1v) is 8.27. The molecule has 0 saturated carbocycles. The van der Waals surface area contributed by atoms with Gasteiger partial charge in [0.25, 0.3) is 5.91 Å². The van der Waals surface area contributed by atoms with Crippen molar-refractivity contribution in [1.29, 1.82) is 0 Å². The number of benzene rings is 2.